The molecule has 0 bridgehead atoms. The van der Waals surface area contributed by atoms with Crippen LogP contribution in [0.3, 0.4) is 0 Å². The second-order valence-corrected chi connectivity index (χ2v) is 10.8. The van der Waals surface area contributed by atoms with Gasteiger partial charge in [-0.2, -0.15) is 4.31 Å². The van der Waals surface area contributed by atoms with Gasteiger partial charge in [-0.3, -0.25) is 0 Å². The summed E-state index contributed by atoms with van der Waals surface area (Å²) >= 11 is 0. The van der Waals surface area contributed by atoms with Crippen molar-refractivity contribution in [2.45, 2.75) is 36.6 Å². The van der Waals surface area contributed by atoms with Gasteiger partial charge in [0.15, 0.2) is 0 Å². The third-order valence-electron chi connectivity index (χ3n) is 6.81. The van der Waals surface area contributed by atoms with Gasteiger partial charge in [0, 0.05) is 25.6 Å². The highest BCUT2D eigenvalue weighted by Gasteiger charge is 2.47. The summed E-state index contributed by atoms with van der Waals surface area (Å²) in [5, 5.41) is 2.59. The quantitative estimate of drug-likeness (QED) is 0.577. The van der Waals surface area contributed by atoms with E-state index < -0.39 is 15.6 Å². The molecule has 5 rings (SSSR count). The van der Waals surface area contributed by atoms with Gasteiger partial charge < -0.3 is 4.90 Å². The van der Waals surface area contributed by atoms with Crippen LogP contribution in [0.25, 0.3) is 10.8 Å². The molecule has 0 saturated carbocycles. The van der Waals surface area contributed by atoms with Gasteiger partial charge in [0.05, 0.1) is 10.4 Å². The minimum atomic E-state index is -3.45. The molecular weight excluding hydrogens is 404 g/mol. The van der Waals surface area contributed by atoms with Crippen LogP contribution in [0.15, 0.2) is 83.9 Å². The first kappa shape index (κ1) is 20.3. The molecule has 5 heteroatoms. The average Bonchev–Trinajstić information content (AvgIpc) is 2.94. The molecule has 0 aromatic heterocycles. The normalized spacial score (nSPS) is 22.0. The lowest BCUT2D eigenvalue weighted by Crippen LogP contribution is -2.43. The molecule has 0 saturated heterocycles. The summed E-state index contributed by atoms with van der Waals surface area (Å²) in [6, 6.07) is 22.4. The molecule has 2 aliphatic rings. The van der Waals surface area contributed by atoms with Crippen LogP contribution in [0.2, 0.25) is 0 Å². The number of benzene rings is 3. The van der Waals surface area contributed by atoms with Crippen molar-refractivity contribution in [3.05, 3.63) is 90.1 Å². The molecule has 0 aliphatic carbocycles. The Kier molecular flexibility index (Phi) is 4.91. The predicted octanol–water partition coefficient (Wildman–Crippen LogP) is 5.08. The number of rotatable bonds is 4. The van der Waals surface area contributed by atoms with Gasteiger partial charge in [-0.05, 0) is 54.4 Å². The van der Waals surface area contributed by atoms with Gasteiger partial charge in [-0.1, -0.05) is 66.7 Å². The van der Waals surface area contributed by atoms with Crippen LogP contribution in [0, 0.1) is 0 Å². The van der Waals surface area contributed by atoms with E-state index >= 15 is 0 Å². The first-order valence-electron chi connectivity index (χ1n) is 10.9. The van der Waals surface area contributed by atoms with Crippen molar-refractivity contribution in [3.8, 4) is 0 Å². The van der Waals surface area contributed by atoms with Gasteiger partial charge in [0.2, 0.25) is 10.0 Å². The van der Waals surface area contributed by atoms with E-state index in [1.165, 1.54) is 16.3 Å². The molecule has 0 radical (unpaired) electrons. The molecule has 2 heterocycles. The van der Waals surface area contributed by atoms with E-state index in [0.29, 0.717) is 23.9 Å². The number of nitrogens with zero attached hydrogens (tertiary/aromatic N) is 2. The largest absolute Gasteiger partial charge is 0.376 e. The van der Waals surface area contributed by atoms with E-state index in [9.17, 15) is 8.42 Å². The maximum Gasteiger partial charge on any atom is 0.244 e. The van der Waals surface area contributed by atoms with E-state index in [1.54, 1.807) is 16.4 Å². The van der Waals surface area contributed by atoms with Crippen LogP contribution in [0.5, 0.6) is 0 Å². The van der Waals surface area contributed by atoms with Crippen LogP contribution in [0.4, 0.5) is 0 Å². The van der Waals surface area contributed by atoms with Gasteiger partial charge in [0.1, 0.15) is 0 Å². The Morgan fingerprint density at radius 1 is 0.935 bits per heavy atom. The molecule has 4 nitrogen and oxygen atoms in total. The fourth-order valence-electron chi connectivity index (χ4n) is 5.09. The van der Waals surface area contributed by atoms with Crippen LogP contribution < -0.4 is 0 Å². The molecule has 1 unspecified atom stereocenters. The summed E-state index contributed by atoms with van der Waals surface area (Å²) in [6.45, 7) is 6.09. The lowest BCUT2D eigenvalue weighted by atomic mass is 9.89. The van der Waals surface area contributed by atoms with E-state index in [1.807, 2.05) is 26.0 Å². The van der Waals surface area contributed by atoms with Crippen LogP contribution in [-0.2, 0) is 15.6 Å². The number of fused-ring (bicyclic) bond motifs is 2. The summed E-state index contributed by atoms with van der Waals surface area (Å²) in [7, 11) is -3.45. The van der Waals surface area contributed by atoms with E-state index in [4.69, 9.17) is 0 Å². The predicted molar refractivity (Wildman–Crippen MR) is 125 cm³/mol. The Morgan fingerprint density at radius 2 is 1.68 bits per heavy atom. The maximum atomic E-state index is 13.1. The van der Waals surface area contributed by atoms with Crippen LogP contribution in [-0.4, -0.2) is 37.3 Å². The van der Waals surface area contributed by atoms with Crippen LogP contribution >= 0.6 is 0 Å². The zero-order valence-corrected chi connectivity index (χ0v) is 18.8. The summed E-state index contributed by atoms with van der Waals surface area (Å²) in [5.74, 6) is 0.388. The Balaban J connectivity index is 1.31. The molecule has 0 fully saturated rings. The standard InChI is InChI=1S/C26H28N2O2S/c1-26(2)24-12-5-6-13-25(24)31(29,30)28(26)19-18-27-16-14-21(15-17-27)23-11-7-9-20-8-3-4-10-22(20)23/h3-14,16,21H,15,17-19H2,1-2H3. The fraction of sp³-hybridized carbons (Fsp3) is 0.308. The van der Waals surface area contributed by atoms with Crippen molar-refractivity contribution >= 4 is 20.8 Å². The molecule has 160 valence electrons. The topological polar surface area (TPSA) is 40.6 Å². The van der Waals surface area contributed by atoms with E-state index in [0.717, 1.165) is 18.5 Å². The highest BCUT2D eigenvalue weighted by atomic mass is 32.2. The Bertz CT molecular complexity index is 1260. The molecule has 0 amide bonds. The molecule has 31 heavy (non-hydrogen) atoms. The lowest BCUT2D eigenvalue weighted by Gasteiger charge is -2.34. The summed E-state index contributed by atoms with van der Waals surface area (Å²) in [5.41, 5.74) is 1.73. The molecule has 3 aromatic carbocycles. The third kappa shape index (κ3) is 3.36. The fourth-order valence-corrected chi connectivity index (χ4v) is 7.20. The summed E-state index contributed by atoms with van der Waals surface area (Å²) in [6.07, 6.45) is 5.45. The Labute approximate surface area is 184 Å². The van der Waals surface area contributed by atoms with Gasteiger partial charge in [-0.25, -0.2) is 8.42 Å². The van der Waals surface area contributed by atoms with Crippen molar-refractivity contribution in [1.29, 1.82) is 0 Å². The van der Waals surface area contributed by atoms with E-state index in [-0.39, 0.29) is 0 Å². The second kappa shape index (κ2) is 7.50. The second-order valence-electron chi connectivity index (χ2n) is 8.97. The first-order valence-corrected chi connectivity index (χ1v) is 12.4. The third-order valence-corrected chi connectivity index (χ3v) is 8.94. The summed E-state index contributed by atoms with van der Waals surface area (Å²) < 4.78 is 27.9. The highest BCUT2D eigenvalue weighted by molar-refractivity contribution is 7.89. The van der Waals surface area contributed by atoms with E-state index in [2.05, 4.69) is 59.6 Å². The minimum absolute atomic E-state index is 0.388. The Morgan fingerprint density at radius 3 is 2.45 bits per heavy atom. The minimum Gasteiger partial charge on any atom is -0.376 e. The van der Waals surface area contributed by atoms with Gasteiger partial charge in [0.25, 0.3) is 0 Å². The smallest absolute Gasteiger partial charge is 0.244 e. The van der Waals surface area contributed by atoms with Gasteiger partial charge >= 0.3 is 0 Å². The summed E-state index contributed by atoms with van der Waals surface area (Å²) in [4.78, 5) is 2.70. The van der Waals surface area contributed by atoms with Crippen molar-refractivity contribution in [2.75, 3.05) is 19.6 Å². The lowest BCUT2D eigenvalue weighted by molar-refractivity contribution is 0.215. The number of sulfonamides is 1. The number of allylic oxidation sites excluding steroid dienone is 1. The Hall–Kier alpha value is -2.63. The van der Waals surface area contributed by atoms with Crippen LogP contribution in [0.1, 0.15) is 37.3 Å². The molecule has 3 aromatic rings. The SMILES string of the molecule is CC1(C)c2ccccc2S(=O)(=O)N1CCN1C=CC(c2cccc3ccccc23)CC1. The first-order chi connectivity index (χ1) is 14.9. The van der Waals surface area contributed by atoms with Crippen molar-refractivity contribution in [2.24, 2.45) is 0 Å². The molecule has 0 spiro atoms. The molecule has 0 N–H and O–H groups in total. The average molecular weight is 433 g/mol. The maximum absolute atomic E-state index is 13.1. The zero-order valence-electron chi connectivity index (χ0n) is 18.0. The van der Waals surface area contributed by atoms with Crippen molar-refractivity contribution in [1.82, 2.24) is 9.21 Å². The van der Waals surface area contributed by atoms with Gasteiger partial charge in [-0.15, -0.1) is 0 Å². The van der Waals surface area contributed by atoms with Crippen molar-refractivity contribution in [3.63, 3.8) is 0 Å². The highest BCUT2D eigenvalue weighted by Crippen LogP contribution is 2.43. The monoisotopic (exact) mass is 432 g/mol. The zero-order chi connectivity index (χ0) is 21.6. The van der Waals surface area contributed by atoms with Crippen molar-refractivity contribution < 1.29 is 8.42 Å². The number of hydrogen-bond acceptors (Lipinski definition) is 3. The molecular formula is C26H28N2O2S. The molecule has 2 aliphatic heterocycles. The molecule has 1 atom stereocenters. The number of hydrogen-bond donors (Lipinski definition) is 0.